The second-order valence-corrected chi connectivity index (χ2v) is 6.41. The maximum atomic E-state index is 13.1. The predicted octanol–water partition coefficient (Wildman–Crippen LogP) is 4.48. The number of nitrogens with one attached hydrogen (secondary N) is 1. The fourth-order valence-electron chi connectivity index (χ4n) is 3.75. The SMILES string of the molecule is Cc1[nH]c2ccccc2c1C1CCC(=O)N1Cc1ccc(F)cc1. The molecule has 1 atom stereocenters. The van der Waals surface area contributed by atoms with Gasteiger partial charge in [-0.2, -0.15) is 0 Å². The molecule has 0 radical (unpaired) electrons. The molecule has 122 valence electrons. The minimum atomic E-state index is -0.254. The molecule has 4 rings (SSSR count). The van der Waals surface area contributed by atoms with Crippen LogP contribution in [0.15, 0.2) is 48.5 Å². The number of rotatable bonds is 3. The Labute approximate surface area is 140 Å². The van der Waals surface area contributed by atoms with Gasteiger partial charge in [0.05, 0.1) is 6.04 Å². The number of nitrogens with zero attached hydrogens (tertiary/aromatic N) is 1. The van der Waals surface area contributed by atoms with Crippen molar-refractivity contribution in [1.29, 1.82) is 0 Å². The van der Waals surface area contributed by atoms with E-state index in [1.54, 1.807) is 12.1 Å². The van der Waals surface area contributed by atoms with Crippen LogP contribution in [0.2, 0.25) is 0 Å². The molecule has 0 aliphatic carbocycles. The first-order valence-electron chi connectivity index (χ1n) is 8.24. The zero-order valence-electron chi connectivity index (χ0n) is 13.6. The van der Waals surface area contributed by atoms with Crippen molar-refractivity contribution >= 4 is 16.8 Å². The van der Waals surface area contributed by atoms with E-state index < -0.39 is 0 Å². The summed E-state index contributed by atoms with van der Waals surface area (Å²) in [4.78, 5) is 17.8. The Morgan fingerprint density at radius 1 is 1.17 bits per heavy atom. The minimum absolute atomic E-state index is 0.0682. The van der Waals surface area contributed by atoms with Crippen LogP contribution in [0.5, 0.6) is 0 Å². The topological polar surface area (TPSA) is 36.1 Å². The summed E-state index contributed by atoms with van der Waals surface area (Å²) in [5, 5.41) is 1.18. The first-order valence-corrected chi connectivity index (χ1v) is 8.24. The van der Waals surface area contributed by atoms with Crippen LogP contribution in [0.25, 0.3) is 10.9 Å². The van der Waals surface area contributed by atoms with Crippen LogP contribution >= 0.6 is 0 Å². The van der Waals surface area contributed by atoms with E-state index in [1.807, 2.05) is 17.0 Å². The standard InChI is InChI=1S/C20H19FN2O/c1-13-20(16-4-2-3-5-17(16)22-13)18-10-11-19(24)23(18)12-14-6-8-15(21)9-7-14/h2-9,18,22H,10-12H2,1H3. The van der Waals surface area contributed by atoms with Crippen molar-refractivity contribution in [2.45, 2.75) is 32.4 Å². The van der Waals surface area contributed by atoms with Gasteiger partial charge in [0.15, 0.2) is 0 Å². The van der Waals surface area contributed by atoms with Crippen LogP contribution in [0.1, 0.15) is 35.7 Å². The van der Waals surface area contributed by atoms with Gasteiger partial charge in [0.1, 0.15) is 5.82 Å². The summed E-state index contributed by atoms with van der Waals surface area (Å²) in [6, 6.07) is 14.7. The third-order valence-corrected chi connectivity index (χ3v) is 4.87. The van der Waals surface area contributed by atoms with Crippen molar-refractivity contribution in [3.8, 4) is 0 Å². The van der Waals surface area contributed by atoms with Crippen molar-refractivity contribution in [1.82, 2.24) is 9.88 Å². The highest BCUT2D eigenvalue weighted by atomic mass is 19.1. The molecule has 4 heteroatoms. The Morgan fingerprint density at radius 2 is 1.92 bits per heavy atom. The summed E-state index contributed by atoms with van der Waals surface area (Å²) in [5.74, 6) is -0.0930. The molecule has 1 fully saturated rings. The van der Waals surface area contributed by atoms with E-state index in [-0.39, 0.29) is 17.8 Å². The Bertz CT molecular complexity index is 898. The molecule has 1 amide bonds. The summed E-state index contributed by atoms with van der Waals surface area (Å²) in [6.45, 7) is 2.58. The van der Waals surface area contributed by atoms with Crippen molar-refractivity contribution in [3.63, 3.8) is 0 Å². The lowest BCUT2D eigenvalue weighted by Crippen LogP contribution is -2.27. The molecule has 0 saturated carbocycles. The number of H-pyrrole nitrogens is 1. The van der Waals surface area contributed by atoms with Crippen LogP contribution in [0.3, 0.4) is 0 Å². The molecule has 2 aromatic carbocycles. The number of hydrogen-bond acceptors (Lipinski definition) is 1. The summed E-state index contributed by atoms with van der Waals surface area (Å²) in [6.07, 6.45) is 1.38. The highest BCUT2D eigenvalue weighted by Crippen LogP contribution is 2.39. The number of benzene rings is 2. The van der Waals surface area contributed by atoms with Crippen molar-refractivity contribution < 1.29 is 9.18 Å². The number of fused-ring (bicyclic) bond motifs is 1. The van der Waals surface area contributed by atoms with Gasteiger partial charge in [0.25, 0.3) is 0 Å². The number of para-hydroxylation sites is 1. The minimum Gasteiger partial charge on any atom is -0.358 e. The number of likely N-dealkylation sites (tertiary alicyclic amines) is 1. The summed E-state index contributed by atoms with van der Waals surface area (Å²) in [7, 11) is 0. The van der Waals surface area contributed by atoms with Gasteiger partial charge in [-0.05, 0) is 37.1 Å². The molecular weight excluding hydrogens is 303 g/mol. The first kappa shape index (κ1) is 14.9. The highest BCUT2D eigenvalue weighted by Gasteiger charge is 2.34. The van der Waals surface area contributed by atoms with Gasteiger partial charge in [0, 0.05) is 35.1 Å². The molecule has 1 aliphatic rings. The zero-order valence-corrected chi connectivity index (χ0v) is 13.6. The number of aromatic amines is 1. The molecule has 2 heterocycles. The normalized spacial score (nSPS) is 17.8. The quantitative estimate of drug-likeness (QED) is 0.758. The fraction of sp³-hybridized carbons (Fsp3) is 0.250. The second kappa shape index (κ2) is 5.78. The molecule has 1 N–H and O–H groups in total. The monoisotopic (exact) mass is 322 g/mol. The number of hydrogen-bond donors (Lipinski definition) is 1. The van der Waals surface area contributed by atoms with Gasteiger partial charge in [-0.15, -0.1) is 0 Å². The number of carbonyl (C=O) groups excluding carboxylic acids is 1. The van der Waals surface area contributed by atoms with Gasteiger partial charge in [-0.25, -0.2) is 4.39 Å². The van der Waals surface area contributed by atoms with Crippen LogP contribution in [0, 0.1) is 12.7 Å². The largest absolute Gasteiger partial charge is 0.358 e. The van der Waals surface area contributed by atoms with Gasteiger partial charge >= 0.3 is 0 Å². The Balaban J connectivity index is 1.71. The van der Waals surface area contributed by atoms with E-state index in [0.29, 0.717) is 13.0 Å². The van der Waals surface area contributed by atoms with E-state index in [4.69, 9.17) is 0 Å². The lowest BCUT2D eigenvalue weighted by molar-refractivity contribution is -0.129. The van der Waals surface area contributed by atoms with E-state index in [0.717, 1.165) is 23.2 Å². The van der Waals surface area contributed by atoms with Crippen molar-refractivity contribution in [2.75, 3.05) is 0 Å². The highest BCUT2D eigenvalue weighted by molar-refractivity contribution is 5.87. The van der Waals surface area contributed by atoms with Crippen LogP contribution < -0.4 is 0 Å². The smallest absolute Gasteiger partial charge is 0.223 e. The molecule has 0 spiro atoms. The number of amides is 1. The number of aryl methyl sites for hydroxylation is 1. The molecule has 1 aliphatic heterocycles. The lowest BCUT2D eigenvalue weighted by Gasteiger charge is -2.25. The average Bonchev–Trinajstić information content (AvgIpc) is 3.09. The number of aromatic nitrogens is 1. The van der Waals surface area contributed by atoms with Crippen molar-refractivity contribution in [2.24, 2.45) is 0 Å². The summed E-state index contributed by atoms with van der Waals surface area (Å²) >= 11 is 0. The van der Waals surface area contributed by atoms with E-state index in [1.165, 1.54) is 23.1 Å². The molecular formula is C20H19FN2O. The van der Waals surface area contributed by atoms with Gasteiger partial charge in [-0.1, -0.05) is 30.3 Å². The maximum absolute atomic E-state index is 13.1. The van der Waals surface area contributed by atoms with Gasteiger partial charge in [0.2, 0.25) is 5.91 Å². The molecule has 1 aromatic heterocycles. The molecule has 3 aromatic rings. The summed E-state index contributed by atoms with van der Waals surface area (Å²) < 4.78 is 13.1. The molecule has 0 bridgehead atoms. The first-order chi connectivity index (χ1) is 11.6. The van der Waals surface area contributed by atoms with E-state index in [9.17, 15) is 9.18 Å². The third kappa shape index (κ3) is 2.48. The maximum Gasteiger partial charge on any atom is 0.223 e. The second-order valence-electron chi connectivity index (χ2n) is 6.41. The molecule has 24 heavy (non-hydrogen) atoms. The lowest BCUT2D eigenvalue weighted by atomic mass is 10.0. The Kier molecular flexibility index (Phi) is 3.60. The molecule has 1 unspecified atom stereocenters. The third-order valence-electron chi connectivity index (χ3n) is 4.87. The van der Waals surface area contributed by atoms with Crippen LogP contribution in [-0.2, 0) is 11.3 Å². The number of halogens is 1. The van der Waals surface area contributed by atoms with Gasteiger partial charge in [-0.3, -0.25) is 4.79 Å². The van der Waals surface area contributed by atoms with Crippen LogP contribution in [-0.4, -0.2) is 15.8 Å². The van der Waals surface area contributed by atoms with Crippen molar-refractivity contribution in [3.05, 3.63) is 71.2 Å². The fourth-order valence-corrected chi connectivity index (χ4v) is 3.75. The Hall–Kier alpha value is -2.62. The Morgan fingerprint density at radius 3 is 2.71 bits per heavy atom. The van der Waals surface area contributed by atoms with Crippen LogP contribution in [0.4, 0.5) is 4.39 Å². The zero-order chi connectivity index (χ0) is 16.7. The molecule has 1 saturated heterocycles. The average molecular weight is 322 g/mol. The van der Waals surface area contributed by atoms with Gasteiger partial charge < -0.3 is 9.88 Å². The van der Waals surface area contributed by atoms with E-state index in [2.05, 4.69) is 24.0 Å². The molecule has 3 nitrogen and oxygen atoms in total. The van der Waals surface area contributed by atoms with E-state index >= 15 is 0 Å². The summed E-state index contributed by atoms with van der Waals surface area (Å²) in [5.41, 5.74) is 4.37. The number of carbonyl (C=O) groups is 1. The predicted molar refractivity (Wildman–Crippen MR) is 92.0 cm³/mol.